The van der Waals surface area contributed by atoms with Crippen LogP contribution in [0.4, 0.5) is 0 Å². The van der Waals surface area contributed by atoms with Crippen molar-refractivity contribution < 1.29 is 0 Å². The number of nitrogens with zero attached hydrogens (tertiary/aromatic N) is 4. The van der Waals surface area contributed by atoms with E-state index in [-0.39, 0.29) is 0 Å². The van der Waals surface area contributed by atoms with Crippen molar-refractivity contribution in [2.45, 2.75) is 6.92 Å². The zero-order valence-corrected chi connectivity index (χ0v) is 35.4. The Kier molecular flexibility index (Phi) is 8.84. The summed E-state index contributed by atoms with van der Waals surface area (Å²) in [7, 11) is 0. The number of allylic oxidation sites excluding steroid dienone is 2. The highest BCUT2D eigenvalue weighted by Crippen LogP contribution is 2.35. The number of fused-ring (bicyclic) bond motifs is 9. The van der Waals surface area contributed by atoms with Crippen LogP contribution in [0.1, 0.15) is 23.6 Å². The van der Waals surface area contributed by atoms with Crippen LogP contribution < -0.4 is 0 Å². The van der Waals surface area contributed by atoms with E-state index in [2.05, 4.69) is 252 Å². The van der Waals surface area contributed by atoms with Crippen LogP contribution in [0.3, 0.4) is 0 Å². The highest BCUT2D eigenvalue weighted by Gasteiger charge is 2.16. The van der Waals surface area contributed by atoms with E-state index in [0.717, 1.165) is 45.0 Å². The summed E-state index contributed by atoms with van der Waals surface area (Å²) in [6.07, 6.45) is 2.20. The van der Waals surface area contributed by atoms with Gasteiger partial charge in [0.25, 0.3) is 0 Å². The fourth-order valence-electron chi connectivity index (χ4n) is 9.74. The Morgan fingerprint density at radius 2 is 0.609 bits per heavy atom. The van der Waals surface area contributed by atoms with Crippen molar-refractivity contribution in [2.75, 3.05) is 0 Å². The van der Waals surface area contributed by atoms with E-state index in [1.165, 1.54) is 65.4 Å². The first-order valence-corrected chi connectivity index (χ1v) is 21.8. The van der Waals surface area contributed by atoms with E-state index in [1.54, 1.807) is 0 Å². The summed E-state index contributed by atoms with van der Waals surface area (Å²) in [4.78, 5) is 5.32. The molecule has 3 heterocycles. The standard InChI is InChI=1S/C60H42N4/c1-40(42-27-33-45(34-28-42)62-55-21-9-3-15-48(55)49-16-4-10-22-56(49)62)39-54(44-31-37-47(38-32-44)64-59-25-13-7-19-52(59)53-20-8-14-26-60(53)64)61-41(2)43-29-35-46(36-30-43)63-57-23-11-5-17-50(57)51-18-6-12-24-58(51)63/h3-39H,2H2,1H3/b40-39+,61-54?. The second-order valence-electron chi connectivity index (χ2n) is 16.5. The minimum atomic E-state index is 0.695. The Morgan fingerprint density at radius 3 is 0.922 bits per heavy atom. The molecule has 0 amide bonds. The summed E-state index contributed by atoms with van der Waals surface area (Å²) >= 11 is 0. The fraction of sp³-hybridized carbons (Fsp3) is 0.0167. The van der Waals surface area contributed by atoms with Crippen LogP contribution in [-0.2, 0) is 0 Å². The van der Waals surface area contributed by atoms with Gasteiger partial charge in [-0.2, -0.15) is 0 Å². The highest BCUT2D eigenvalue weighted by molar-refractivity contribution is 6.15. The van der Waals surface area contributed by atoms with Gasteiger partial charge in [0, 0.05) is 54.9 Å². The lowest BCUT2D eigenvalue weighted by Crippen LogP contribution is -2.01. The maximum Gasteiger partial charge on any atom is 0.0712 e. The normalized spacial score (nSPS) is 12.4. The van der Waals surface area contributed by atoms with Gasteiger partial charge >= 0.3 is 0 Å². The molecule has 0 atom stereocenters. The van der Waals surface area contributed by atoms with Gasteiger partial charge in [0.2, 0.25) is 0 Å². The Hall–Kier alpha value is -8.47. The molecular weight excluding hydrogens is 777 g/mol. The first-order chi connectivity index (χ1) is 31.6. The Bertz CT molecular complexity index is 3670. The molecule has 0 aliphatic carbocycles. The predicted molar refractivity (Wildman–Crippen MR) is 272 cm³/mol. The van der Waals surface area contributed by atoms with Gasteiger partial charge in [-0.25, -0.2) is 4.99 Å². The van der Waals surface area contributed by atoms with Gasteiger partial charge < -0.3 is 13.7 Å². The number of aromatic nitrogens is 3. The lowest BCUT2D eigenvalue weighted by Gasteiger charge is -2.12. The molecule has 0 radical (unpaired) electrons. The minimum Gasteiger partial charge on any atom is -0.309 e. The Labute approximate surface area is 371 Å². The summed E-state index contributed by atoms with van der Waals surface area (Å²) in [5.41, 5.74) is 16.2. The van der Waals surface area contributed by atoms with Crippen molar-refractivity contribution in [2.24, 2.45) is 4.99 Å². The molecule has 0 saturated carbocycles. The van der Waals surface area contributed by atoms with Gasteiger partial charge in [0.15, 0.2) is 0 Å². The van der Waals surface area contributed by atoms with E-state index in [0.29, 0.717) is 5.70 Å². The molecule has 0 saturated heterocycles. The largest absolute Gasteiger partial charge is 0.309 e. The lowest BCUT2D eigenvalue weighted by molar-refractivity contribution is 1.18. The summed E-state index contributed by atoms with van der Waals surface area (Å²) in [5.74, 6) is 0. The molecule has 4 nitrogen and oxygen atoms in total. The Morgan fingerprint density at radius 1 is 0.344 bits per heavy atom. The van der Waals surface area contributed by atoms with Gasteiger partial charge in [-0.05, 0) is 102 Å². The minimum absolute atomic E-state index is 0.695. The molecule has 0 fully saturated rings. The fourth-order valence-corrected chi connectivity index (χ4v) is 9.74. The molecule has 0 aliphatic rings. The molecular formula is C60H42N4. The number of aliphatic imine (C=N–C) groups is 1. The molecule has 4 heteroatoms. The summed E-state index contributed by atoms with van der Waals surface area (Å²) in [6.45, 7) is 6.72. The van der Waals surface area contributed by atoms with Crippen LogP contribution in [-0.4, -0.2) is 19.4 Å². The highest BCUT2D eigenvalue weighted by atomic mass is 15.0. The molecule has 0 bridgehead atoms. The predicted octanol–water partition coefficient (Wildman–Crippen LogP) is 15.5. The molecule has 0 spiro atoms. The third kappa shape index (κ3) is 6.11. The van der Waals surface area contributed by atoms with Gasteiger partial charge in [0.05, 0.1) is 44.5 Å². The van der Waals surface area contributed by atoms with E-state index < -0.39 is 0 Å². The van der Waals surface area contributed by atoms with Crippen LogP contribution in [0.15, 0.2) is 236 Å². The summed E-state index contributed by atoms with van der Waals surface area (Å²) in [5, 5.41) is 7.48. The summed E-state index contributed by atoms with van der Waals surface area (Å²) < 4.78 is 7.04. The van der Waals surface area contributed by atoms with Crippen LogP contribution >= 0.6 is 0 Å². The second-order valence-corrected chi connectivity index (χ2v) is 16.5. The van der Waals surface area contributed by atoms with E-state index in [4.69, 9.17) is 4.99 Å². The van der Waals surface area contributed by atoms with E-state index in [1.807, 2.05) is 0 Å². The molecule has 0 aliphatic heterocycles. The quantitative estimate of drug-likeness (QED) is 0.137. The number of rotatable bonds is 8. The van der Waals surface area contributed by atoms with E-state index in [9.17, 15) is 0 Å². The topological polar surface area (TPSA) is 27.1 Å². The average Bonchev–Trinajstić information content (AvgIpc) is 4.00. The molecule has 3 aromatic heterocycles. The number of hydrogen-bond acceptors (Lipinski definition) is 1. The lowest BCUT2D eigenvalue weighted by atomic mass is 10.0. The maximum absolute atomic E-state index is 5.32. The number of para-hydroxylation sites is 6. The van der Waals surface area contributed by atoms with Crippen LogP contribution in [0, 0.1) is 0 Å². The van der Waals surface area contributed by atoms with Crippen molar-refractivity contribution in [1.29, 1.82) is 0 Å². The van der Waals surface area contributed by atoms with Crippen LogP contribution in [0.5, 0.6) is 0 Å². The number of hydrogen-bond donors (Lipinski definition) is 0. The monoisotopic (exact) mass is 818 g/mol. The van der Waals surface area contributed by atoms with Crippen LogP contribution in [0.2, 0.25) is 0 Å². The second kappa shape index (κ2) is 15.2. The summed E-state index contributed by atoms with van der Waals surface area (Å²) in [6, 6.07) is 78.0. The molecule has 12 rings (SSSR count). The first kappa shape index (κ1) is 37.3. The molecule has 64 heavy (non-hydrogen) atoms. The van der Waals surface area contributed by atoms with Crippen molar-refractivity contribution in [1.82, 2.24) is 13.7 Å². The molecule has 9 aromatic carbocycles. The van der Waals surface area contributed by atoms with Gasteiger partial charge in [0.1, 0.15) is 0 Å². The SMILES string of the molecule is C=C(N=C(/C=C(\C)c1ccc(-n2c3ccccc3c3ccccc32)cc1)c1ccc(-n2c3ccccc3c3ccccc32)cc1)c1ccc(-n2c3ccccc3c3ccccc32)cc1. The zero-order chi connectivity index (χ0) is 42.7. The molecule has 12 aromatic rings. The smallest absolute Gasteiger partial charge is 0.0712 e. The molecule has 0 unspecified atom stereocenters. The zero-order valence-electron chi connectivity index (χ0n) is 35.4. The third-order valence-corrected chi connectivity index (χ3v) is 12.8. The van der Waals surface area contributed by atoms with Crippen molar-refractivity contribution in [3.05, 3.63) is 248 Å². The van der Waals surface area contributed by atoms with Crippen molar-refractivity contribution in [3.8, 4) is 17.1 Å². The van der Waals surface area contributed by atoms with Crippen LogP contribution in [0.25, 0.3) is 93.7 Å². The molecule has 302 valence electrons. The average molecular weight is 819 g/mol. The third-order valence-electron chi connectivity index (χ3n) is 12.8. The van der Waals surface area contributed by atoms with Gasteiger partial charge in [-0.15, -0.1) is 0 Å². The van der Waals surface area contributed by atoms with Crippen molar-refractivity contribution >= 4 is 82.4 Å². The van der Waals surface area contributed by atoms with Gasteiger partial charge in [-0.1, -0.05) is 152 Å². The van der Waals surface area contributed by atoms with E-state index >= 15 is 0 Å². The maximum atomic E-state index is 5.32. The Balaban J connectivity index is 0.931. The van der Waals surface area contributed by atoms with Crippen molar-refractivity contribution in [3.63, 3.8) is 0 Å². The first-order valence-electron chi connectivity index (χ1n) is 21.8. The number of benzene rings is 9. The van der Waals surface area contributed by atoms with Gasteiger partial charge in [-0.3, -0.25) is 0 Å². The molecule has 0 N–H and O–H groups in total.